The highest BCUT2D eigenvalue weighted by atomic mass is 19.1. The Morgan fingerprint density at radius 1 is 0.824 bits per heavy atom. The lowest BCUT2D eigenvalue weighted by Crippen LogP contribution is -2.44. The summed E-state index contributed by atoms with van der Waals surface area (Å²) in [5, 5.41) is 16.6. The van der Waals surface area contributed by atoms with Crippen LogP contribution in [0.5, 0.6) is 0 Å². The summed E-state index contributed by atoms with van der Waals surface area (Å²) in [6.07, 6.45) is 0. The minimum Gasteiger partial charge on any atom is -0.480 e. The Labute approximate surface area is 194 Å². The highest BCUT2D eigenvalue weighted by molar-refractivity contribution is 6.00. The van der Waals surface area contributed by atoms with Crippen LogP contribution in [0.1, 0.15) is 24.2 Å². The van der Waals surface area contributed by atoms with Crippen LogP contribution in [0, 0.1) is 17.6 Å². The van der Waals surface area contributed by atoms with Gasteiger partial charge in [-0.15, -0.1) is 0 Å². The van der Waals surface area contributed by atoms with Gasteiger partial charge in [-0.05, 0) is 53.4 Å². The van der Waals surface area contributed by atoms with E-state index in [1.807, 2.05) is 0 Å². The molecule has 0 bridgehead atoms. The zero-order valence-corrected chi connectivity index (χ0v) is 18.4. The van der Waals surface area contributed by atoms with Crippen LogP contribution in [0.25, 0.3) is 11.1 Å². The average molecular weight is 467 g/mol. The fourth-order valence-electron chi connectivity index (χ4n) is 3.17. The summed E-state index contributed by atoms with van der Waals surface area (Å²) in [5.41, 5.74) is 2.25. The SMILES string of the molecule is CC(C)[C@@H](NC(=O)c1ccc(-c2ccc(NC(=O)Nc3ccc(F)cc3F)cc2)cc1)C(=O)O. The van der Waals surface area contributed by atoms with Crippen molar-refractivity contribution in [2.24, 2.45) is 5.92 Å². The maximum Gasteiger partial charge on any atom is 0.326 e. The normalized spacial score (nSPS) is 11.6. The van der Waals surface area contributed by atoms with Crippen LogP contribution in [-0.2, 0) is 4.79 Å². The summed E-state index contributed by atoms with van der Waals surface area (Å²) in [4.78, 5) is 35.7. The number of hydrogen-bond acceptors (Lipinski definition) is 3. The van der Waals surface area contributed by atoms with Gasteiger partial charge in [0.15, 0.2) is 0 Å². The molecule has 0 unspecified atom stereocenters. The molecule has 9 heteroatoms. The molecular formula is C25H23F2N3O4. The van der Waals surface area contributed by atoms with Gasteiger partial charge in [-0.2, -0.15) is 0 Å². The number of carboxylic acids is 1. The molecule has 0 aromatic heterocycles. The lowest BCUT2D eigenvalue weighted by atomic mass is 10.0. The van der Waals surface area contributed by atoms with Crippen molar-refractivity contribution in [3.8, 4) is 11.1 Å². The minimum atomic E-state index is -1.09. The third-order valence-electron chi connectivity index (χ3n) is 5.02. The fraction of sp³-hybridized carbons (Fsp3) is 0.160. The molecule has 0 spiro atoms. The quantitative estimate of drug-likeness (QED) is 0.387. The number of anilines is 2. The van der Waals surface area contributed by atoms with Gasteiger partial charge in [-0.3, -0.25) is 4.79 Å². The smallest absolute Gasteiger partial charge is 0.326 e. The molecule has 7 nitrogen and oxygen atoms in total. The molecular weight excluding hydrogens is 444 g/mol. The predicted molar refractivity (Wildman–Crippen MR) is 125 cm³/mol. The predicted octanol–water partition coefficient (Wildman–Crippen LogP) is 5.11. The number of aliphatic carboxylic acids is 1. The average Bonchev–Trinajstić information content (AvgIpc) is 2.79. The minimum absolute atomic E-state index is 0.150. The van der Waals surface area contributed by atoms with Crippen molar-refractivity contribution in [2.45, 2.75) is 19.9 Å². The van der Waals surface area contributed by atoms with Crippen molar-refractivity contribution in [1.82, 2.24) is 5.32 Å². The number of carboxylic acid groups (broad SMARTS) is 1. The Hall–Kier alpha value is -4.27. The first-order valence-corrected chi connectivity index (χ1v) is 10.4. The van der Waals surface area contributed by atoms with E-state index in [1.54, 1.807) is 62.4 Å². The standard InChI is InChI=1S/C25H23F2N3O4/c1-14(2)22(24(32)33)30-23(31)17-5-3-15(4-6-17)16-7-10-19(11-8-16)28-25(34)29-21-12-9-18(26)13-20(21)27/h3-14,22H,1-2H3,(H,30,31)(H,32,33)(H2,28,29,34)/t22-/m1/s1. The van der Waals surface area contributed by atoms with Crippen LogP contribution < -0.4 is 16.0 Å². The Balaban J connectivity index is 1.62. The van der Waals surface area contributed by atoms with Gasteiger partial charge in [-0.1, -0.05) is 38.1 Å². The number of halogens is 2. The number of carbonyl (C=O) groups is 3. The van der Waals surface area contributed by atoms with Crippen molar-refractivity contribution >= 4 is 29.3 Å². The maximum absolute atomic E-state index is 13.7. The molecule has 4 N–H and O–H groups in total. The van der Waals surface area contributed by atoms with Crippen LogP contribution in [0.2, 0.25) is 0 Å². The maximum atomic E-state index is 13.7. The van der Waals surface area contributed by atoms with Crippen LogP contribution in [0.4, 0.5) is 25.0 Å². The molecule has 0 radical (unpaired) electrons. The van der Waals surface area contributed by atoms with E-state index in [2.05, 4.69) is 16.0 Å². The molecule has 0 fully saturated rings. The first-order valence-electron chi connectivity index (χ1n) is 10.4. The Bertz CT molecular complexity index is 1200. The zero-order chi connectivity index (χ0) is 24.8. The van der Waals surface area contributed by atoms with Crippen molar-refractivity contribution in [3.05, 3.63) is 83.9 Å². The van der Waals surface area contributed by atoms with Crippen LogP contribution >= 0.6 is 0 Å². The largest absolute Gasteiger partial charge is 0.480 e. The van der Waals surface area contributed by atoms with E-state index in [1.165, 1.54) is 0 Å². The summed E-state index contributed by atoms with van der Waals surface area (Å²) >= 11 is 0. The Morgan fingerprint density at radius 2 is 1.41 bits per heavy atom. The van der Waals surface area contributed by atoms with Crippen molar-refractivity contribution in [1.29, 1.82) is 0 Å². The molecule has 0 aliphatic rings. The molecule has 3 rings (SSSR count). The molecule has 0 saturated carbocycles. The van der Waals surface area contributed by atoms with Crippen LogP contribution in [0.15, 0.2) is 66.7 Å². The molecule has 3 aromatic carbocycles. The molecule has 0 heterocycles. The molecule has 3 amide bonds. The fourth-order valence-corrected chi connectivity index (χ4v) is 3.17. The molecule has 0 aliphatic heterocycles. The highest BCUT2D eigenvalue weighted by Gasteiger charge is 2.23. The summed E-state index contributed by atoms with van der Waals surface area (Å²) in [5.74, 6) is -3.45. The van der Waals surface area contributed by atoms with Crippen molar-refractivity contribution in [2.75, 3.05) is 10.6 Å². The third kappa shape index (κ3) is 6.16. The molecule has 0 aliphatic carbocycles. The van der Waals surface area contributed by atoms with E-state index >= 15 is 0 Å². The lowest BCUT2D eigenvalue weighted by Gasteiger charge is -2.18. The zero-order valence-electron chi connectivity index (χ0n) is 18.4. The summed E-state index contributed by atoms with van der Waals surface area (Å²) in [7, 11) is 0. The van der Waals surface area contributed by atoms with Crippen molar-refractivity contribution < 1.29 is 28.3 Å². The first-order chi connectivity index (χ1) is 16.1. The van der Waals surface area contributed by atoms with Gasteiger partial charge in [0, 0.05) is 17.3 Å². The number of hydrogen-bond donors (Lipinski definition) is 4. The van der Waals surface area contributed by atoms with E-state index in [-0.39, 0.29) is 11.6 Å². The molecule has 176 valence electrons. The van der Waals surface area contributed by atoms with Gasteiger partial charge in [0.25, 0.3) is 5.91 Å². The van der Waals surface area contributed by atoms with Gasteiger partial charge in [-0.25, -0.2) is 18.4 Å². The van der Waals surface area contributed by atoms with E-state index < -0.39 is 35.6 Å². The van der Waals surface area contributed by atoms with Gasteiger partial charge in [0.2, 0.25) is 0 Å². The second-order valence-corrected chi connectivity index (χ2v) is 7.89. The van der Waals surface area contributed by atoms with E-state index in [9.17, 15) is 28.3 Å². The van der Waals surface area contributed by atoms with E-state index in [4.69, 9.17) is 0 Å². The number of amides is 3. The number of benzene rings is 3. The lowest BCUT2D eigenvalue weighted by molar-refractivity contribution is -0.140. The number of urea groups is 1. The van der Waals surface area contributed by atoms with Crippen molar-refractivity contribution in [3.63, 3.8) is 0 Å². The summed E-state index contributed by atoms with van der Waals surface area (Å²) in [6.45, 7) is 3.43. The monoisotopic (exact) mass is 467 g/mol. The van der Waals surface area contributed by atoms with Crippen LogP contribution in [-0.4, -0.2) is 29.1 Å². The molecule has 34 heavy (non-hydrogen) atoms. The number of nitrogens with one attached hydrogen (secondary N) is 3. The third-order valence-corrected chi connectivity index (χ3v) is 5.02. The van der Waals surface area contributed by atoms with Gasteiger partial charge >= 0.3 is 12.0 Å². The second kappa shape index (κ2) is 10.6. The highest BCUT2D eigenvalue weighted by Crippen LogP contribution is 2.23. The van der Waals surface area contributed by atoms with Gasteiger partial charge in [0.1, 0.15) is 17.7 Å². The second-order valence-electron chi connectivity index (χ2n) is 7.89. The van der Waals surface area contributed by atoms with Gasteiger partial charge in [0.05, 0.1) is 5.69 Å². The molecule has 0 saturated heterocycles. The summed E-state index contributed by atoms with van der Waals surface area (Å²) in [6, 6.07) is 14.6. The first kappa shape index (κ1) is 24.4. The Kier molecular flexibility index (Phi) is 7.57. The van der Waals surface area contributed by atoms with Crippen LogP contribution in [0.3, 0.4) is 0 Å². The van der Waals surface area contributed by atoms with Gasteiger partial charge < -0.3 is 21.1 Å². The van der Waals surface area contributed by atoms with E-state index in [0.717, 1.165) is 23.3 Å². The van der Waals surface area contributed by atoms with E-state index in [0.29, 0.717) is 17.3 Å². The topological polar surface area (TPSA) is 108 Å². The Morgan fingerprint density at radius 3 is 1.94 bits per heavy atom. The number of rotatable bonds is 7. The molecule has 3 aromatic rings. The number of carbonyl (C=O) groups excluding carboxylic acids is 2. The molecule has 1 atom stereocenters. The summed E-state index contributed by atoms with van der Waals surface area (Å²) < 4.78 is 26.6.